The highest BCUT2D eigenvalue weighted by Gasteiger charge is 2.18. The molecule has 0 atom stereocenters. The highest BCUT2D eigenvalue weighted by Crippen LogP contribution is 2.35. The summed E-state index contributed by atoms with van der Waals surface area (Å²) in [7, 11) is 0. The molecule has 0 aliphatic carbocycles. The number of nitrogens with one attached hydrogen (secondary N) is 1. The van der Waals surface area contributed by atoms with E-state index < -0.39 is 0 Å². The summed E-state index contributed by atoms with van der Waals surface area (Å²) in [5.74, 6) is 1.41. The van der Waals surface area contributed by atoms with Crippen molar-refractivity contribution in [3.8, 4) is 21.9 Å². The van der Waals surface area contributed by atoms with Crippen LogP contribution in [0.1, 0.15) is 5.82 Å². The van der Waals surface area contributed by atoms with Crippen molar-refractivity contribution >= 4 is 44.5 Å². The van der Waals surface area contributed by atoms with Gasteiger partial charge >= 0.3 is 0 Å². The van der Waals surface area contributed by atoms with Gasteiger partial charge in [0.15, 0.2) is 11.5 Å². The number of hydrogen-bond donors (Lipinski definition) is 1. The highest BCUT2D eigenvalue weighted by molar-refractivity contribution is 7.18. The van der Waals surface area contributed by atoms with Gasteiger partial charge < -0.3 is 14.8 Å². The molecule has 0 bridgehead atoms. The molecule has 29 heavy (non-hydrogen) atoms. The zero-order valence-electron chi connectivity index (χ0n) is 15.3. The molecule has 0 spiro atoms. The molecule has 0 saturated heterocycles. The third-order valence-corrected chi connectivity index (χ3v) is 6.40. The van der Waals surface area contributed by atoms with Crippen molar-refractivity contribution in [3.63, 3.8) is 0 Å². The van der Waals surface area contributed by atoms with E-state index in [1.807, 2.05) is 22.9 Å². The largest absolute Gasteiger partial charge is 0.454 e. The first-order valence-corrected chi connectivity index (χ1v) is 10.6. The SMILES string of the molecule is Cc1nc2scc(-c3cccs3)c2c(=O)n1CC(=O)Nc1ccc2c(c1)OCO2. The molecule has 4 aromatic rings. The van der Waals surface area contributed by atoms with Gasteiger partial charge in [-0.25, -0.2) is 4.98 Å². The molecule has 5 rings (SSSR count). The Morgan fingerprint density at radius 2 is 2.10 bits per heavy atom. The lowest BCUT2D eigenvalue weighted by Crippen LogP contribution is -2.30. The van der Waals surface area contributed by atoms with Crippen LogP contribution in [-0.4, -0.2) is 22.3 Å². The Kier molecular flexibility index (Phi) is 4.33. The van der Waals surface area contributed by atoms with Gasteiger partial charge in [-0.1, -0.05) is 6.07 Å². The predicted octanol–water partition coefficient (Wildman–Crippen LogP) is 3.86. The summed E-state index contributed by atoms with van der Waals surface area (Å²) in [6, 6.07) is 9.09. The number of anilines is 1. The molecule has 0 unspecified atom stereocenters. The van der Waals surface area contributed by atoms with Crippen molar-refractivity contribution in [1.82, 2.24) is 9.55 Å². The van der Waals surface area contributed by atoms with Crippen LogP contribution >= 0.6 is 22.7 Å². The maximum Gasteiger partial charge on any atom is 0.263 e. The van der Waals surface area contributed by atoms with Gasteiger partial charge in [0.1, 0.15) is 17.2 Å². The molecular weight excluding hydrogens is 410 g/mol. The molecule has 7 nitrogen and oxygen atoms in total. The minimum absolute atomic E-state index is 0.123. The van der Waals surface area contributed by atoms with Crippen LogP contribution in [0.2, 0.25) is 0 Å². The van der Waals surface area contributed by atoms with Crippen LogP contribution in [0.3, 0.4) is 0 Å². The minimum Gasteiger partial charge on any atom is -0.454 e. The first-order chi connectivity index (χ1) is 14.1. The fourth-order valence-electron chi connectivity index (χ4n) is 3.24. The van der Waals surface area contributed by atoms with Crippen LogP contribution < -0.4 is 20.3 Å². The third kappa shape index (κ3) is 3.18. The molecule has 1 aliphatic heterocycles. The van der Waals surface area contributed by atoms with E-state index in [4.69, 9.17) is 9.47 Å². The number of carbonyl (C=O) groups is 1. The summed E-state index contributed by atoms with van der Waals surface area (Å²) >= 11 is 3.01. The second-order valence-electron chi connectivity index (χ2n) is 6.47. The number of hydrogen-bond acceptors (Lipinski definition) is 7. The zero-order valence-corrected chi connectivity index (χ0v) is 16.9. The predicted molar refractivity (Wildman–Crippen MR) is 113 cm³/mol. The van der Waals surface area contributed by atoms with Gasteiger partial charge in [-0.15, -0.1) is 22.7 Å². The maximum absolute atomic E-state index is 13.2. The molecule has 146 valence electrons. The van der Waals surface area contributed by atoms with Crippen LogP contribution in [0.25, 0.3) is 20.7 Å². The first kappa shape index (κ1) is 17.9. The summed E-state index contributed by atoms with van der Waals surface area (Å²) in [5, 5.41) is 7.27. The van der Waals surface area contributed by atoms with E-state index in [2.05, 4.69) is 10.3 Å². The summed E-state index contributed by atoms with van der Waals surface area (Å²) < 4.78 is 12.0. The molecule has 1 amide bonds. The Labute approximate surface area is 173 Å². The second-order valence-corrected chi connectivity index (χ2v) is 8.28. The quantitative estimate of drug-likeness (QED) is 0.537. The van der Waals surface area contributed by atoms with Crippen LogP contribution in [0.15, 0.2) is 45.9 Å². The molecule has 1 aromatic carbocycles. The number of carbonyl (C=O) groups excluding carboxylic acids is 1. The summed E-state index contributed by atoms with van der Waals surface area (Å²) in [4.78, 5) is 32.0. The molecule has 0 radical (unpaired) electrons. The van der Waals surface area contributed by atoms with Crippen LogP contribution in [0.5, 0.6) is 11.5 Å². The third-order valence-electron chi connectivity index (χ3n) is 4.63. The number of thiophene rings is 2. The average molecular weight is 425 g/mol. The van der Waals surface area contributed by atoms with Crippen LogP contribution in [-0.2, 0) is 11.3 Å². The van der Waals surface area contributed by atoms with Crippen molar-refractivity contribution in [1.29, 1.82) is 0 Å². The monoisotopic (exact) mass is 425 g/mol. The van der Waals surface area contributed by atoms with E-state index in [-0.39, 0.29) is 24.8 Å². The summed E-state index contributed by atoms with van der Waals surface area (Å²) in [5.41, 5.74) is 1.23. The second kappa shape index (κ2) is 7.02. The number of aryl methyl sites for hydroxylation is 1. The van der Waals surface area contributed by atoms with E-state index >= 15 is 0 Å². The molecule has 0 fully saturated rings. The van der Waals surface area contributed by atoms with E-state index in [0.717, 1.165) is 10.4 Å². The van der Waals surface area contributed by atoms with Crippen LogP contribution in [0.4, 0.5) is 5.69 Å². The van der Waals surface area contributed by atoms with Gasteiger partial charge in [-0.05, 0) is 30.5 Å². The van der Waals surface area contributed by atoms with E-state index in [0.29, 0.717) is 33.2 Å². The molecule has 4 heterocycles. The Balaban J connectivity index is 1.46. The Morgan fingerprint density at radius 1 is 1.24 bits per heavy atom. The number of benzene rings is 1. The van der Waals surface area contributed by atoms with E-state index in [1.54, 1.807) is 36.5 Å². The summed E-state index contributed by atoms with van der Waals surface area (Å²) in [6.07, 6.45) is 0. The van der Waals surface area contributed by atoms with E-state index in [1.165, 1.54) is 15.9 Å². The number of amides is 1. The summed E-state index contributed by atoms with van der Waals surface area (Å²) in [6.45, 7) is 1.78. The van der Waals surface area contributed by atoms with Crippen LogP contribution in [0, 0.1) is 6.92 Å². The normalized spacial score (nSPS) is 12.4. The van der Waals surface area contributed by atoms with Crippen molar-refractivity contribution in [2.24, 2.45) is 0 Å². The topological polar surface area (TPSA) is 82.5 Å². The van der Waals surface area contributed by atoms with Crippen molar-refractivity contribution in [2.75, 3.05) is 12.1 Å². The number of nitrogens with zero attached hydrogens (tertiary/aromatic N) is 2. The van der Waals surface area contributed by atoms with Gasteiger partial charge in [0, 0.05) is 27.6 Å². The molecule has 9 heteroatoms. The smallest absolute Gasteiger partial charge is 0.263 e. The Morgan fingerprint density at radius 3 is 2.93 bits per heavy atom. The van der Waals surface area contributed by atoms with Gasteiger partial charge in [-0.3, -0.25) is 14.2 Å². The lowest BCUT2D eigenvalue weighted by molar-refractivity contribution is -0.116. The maximum atomic E-state index is 13.2. The molecule has 3 aromatic heterocycles. The Hall–Kier alpha value is -3.17. The van der Waals surface area contributed by atoms with Crippen molar-refractivity contribution in [3.05, 3.63) is 57.3 Å². The number of ether oxygens (including phenoxy) is 2. The van der Waals surface area contributed by atoms with Crippen molar-refractivity contribution in [2.45, 2.75) is 13.5 Å². The number of fused-ring (bicyclic) bond motifs is 2. The molecule has 1 aliphatic rings. The van der Waals surface area contributed by atoms with Gasteiger partial charge in [0.2, 0.25) is 12.7 Å². The number of rotatable bonds is 4. The number of aromatic nitrogens is 2. The Bertz CT molecular complexity index is 1290. The zero-order chi connectivity index (χ0) is 20.0. The average Bonchev–Trinajstić information content (AvgIpc) is 3.44. The standard InChI is InChI=1S/C20H15N3O4S2/c1-11-21-19-18(13(9-29-19)16-3-2-6-28-16)20(25)23(11)8-17(24)22-12-4-5-14-15(7-12)27-10-26-14/h2-7,9H,8,10H2,1H3,(H,22,24). The highest BCUT2D eigenvalue weighted by atomic mass is 32.1. The first-order valence-electron chi connectivity index (χ1n) is 8.82. The van der Waals surface area contributed by atoms with Gasteiger partial charge in [0.25, 0.3) is 5.56 Å². The van der Waals surface area contributed by atoms with Crippen molar-refractivity contribution < 1.29 is 14.3 Å². The molecule has 1 N–H and O–H groups in total. The fraction of sp³-hybridized carbons (Fsp3) is 0.150. The molecular formula is C20H15N3O4S2. The van der Waals surface area contributed by atoms with Gasteiger partial charge in [0.05, 0.1) is 5.39 Å². The lowest BCUT2D eigenvalue weighted by atomic mass is 10.2. The lowest BCUT2D eigenvalue weighted by Gasteiger charge is -2.11. The van der Waals surface area contributed by atoms with E-state index in [9.17, 15) is 9.59 Å². The molecule has 0 saturated carbocycles. The van der Waals surface area contributed by atoms with Gasteiger partial charge in [-0.2, -0.15) is 0 Å². The minimum atomic E-state index is -0.317. The fourth-order valence-corrected chi connectivity index (χ4v) is 5.04.